The number of carbonyl (C=O) groups excluding carboxylic acids is 1. The van der Waals surface area contributed by atoms with E-state index in [2.05, 4.69) is 26.5 Å². The van der Waals surface area contributed by atoms with E-state index in [1.165, 1.54) is 77.0 Å². The fourth-order valence-electron chi connectivity index (χ4n) is 2.73. The third-order valence-corrected chi connectivity index (χ3v) is 4.53. The van der Waals surface area contributed by atoms with Gasteiger partial charge in [-0.25, -0.2) is 0 Å². The summed E-state index contributed by atoms with van der Waals surface area (Å²) in [5.41, 5.74) is 0. The van der Waals surface area contributed by atoms with Crippen molar-refractivity contribution < 1.29 is 4.79 Å². The van der Waals surface area contributed by atoms with Crippen molar-refractivity contribution in [1.29, 1.82) is 0 Å². The average Bonchev–Trinajstić information content (AvgIpc) is 2.43. The number of unbranched alkanes of at least 4 members (excludes halogenated alkanes) is 10. The quantitative estimate of drug-likeness (QED) is 0.268. The standard InChI is InChI=1S/C18H36OS/c1-3-5-7-9-11-13-15-17(18(19)20)16-14-12-10-8-6-4-2/h17H,3-16H2,1-2H3,(H,19,20). The molecular weight excluding hydrogens is 264 g/mol. The lowest BCUT2D eigenvalue weighted by atomic mass is 9.95. The highest BCUT2D eigenvalue weighted by Gasteiger charge is 2.14. The highest BCUT2D eigenvalue weighted by atomic mass is 32.1. The molecule has 0 aliphatic rings. The van der Waals surface area contributed by atoms with Crippen LogP contribution in [0.15, 0.2) is 0 Å². The highest BCUT2D eigenvalue weighted by molar-refractivity contribution is 7.96. The van der Waals surface area contributed by atoms with Gasteiger partial charge in [0.25, 0.3) is 0 Å². The van der Waals surface area contributed by atoms with E-state index in [1.807, 2.05) is 0 Å². The van der Waals surface area contributed by atoms with Gasteiger partial charge in [0.15, 0.2) is 5.12 Å². The van der Waals surface area contributed by atoms with Gasteiger partial charge in [0.1, 0.15) is 0 Å². The van der Waals surface area contributed by atoms with Crippen molar-refractivity contribution in [2.45, 2.75) is 104 Å². The predicted octanol–water partition coefficient (Wildman–Crippen LogP) is 6.56. The second-order valence-electron chi connectivity index (χ2n) is 6.15. The summed E-state index contributed by atoms with van der Waals surface area (Å²) in [5.74, 6) is 0.218. The summed E-state index contributed by atoms with van der Waals surface area (Å²) < 4.78 is 0. The summed E-state index contributed by atoms with van der Waals surface area (Å²) in [6.07, 6.45) is 17.8. The predicted molar refractivity (Wildman–Crippen MR) is 93.5 cm³/mol. The molecule has 0 aromatic rings. The summed E-state index contributed by atoms with van der Waals surface area (Å²) in [6.45, 7) is 4.49. The van der Waals surface area contributed by atoms with Gasteiger partial charge >= 0.3 is 0 Å². The lowest BCUT2D eigenvalue weighted by Crippen LogP contribution is -2.09. The van der Waals surface area contributed by atoms with E-state index in [0.29, 0.717) is 0 Å². The maximum Gasteiger partial charge on any atom is 0.188 e. The molecule has 0 amide bonds. The van der Waals surface area contributed by atoms with Crippen LogP contribution in [0.3, 0.4) is 0 Å². The minimum Gasteiger partial charge on any atom is -0.287 e. The van der Waals surface area contributed by atoms with Crippen molar-refractivity contribution in [1.82, 2.24) is 0 Å². The first-order valence-electron chi connectivity index (χ1n) is 8.95. The topological polar surface area (TPSA) is 17.1 Å². The van der Waals surface area contributed by atoms with Gasteiger partial charge in [0.05, 0.1) is 0 Å². The van der Waals surface area contributed by atoms with Crippen LogP contribution in [0.2, 0.25) is 0 Å². The number of thiol groups is 1. The minimum atomic E-state index is 0.118. The van der Waals surface area contributed by atoms with E-state index in [-0.39, 0.29) is 11.0 Å². The van der Waals surface area contributed by atoms with Crippen LogP contribution in [0.4, 0.5) is 0 Å². The number of hydrogen-bond donors (Lipinski definition) is 1. The molecule has 0 rings (SSSR count). The lowest BCUT2D eigenvalue weighted by Gasteiger charge is -2.12. The third-order valence-electron chi connectivity index (χ3n) is 4.16. The summed E-state index contributed by atoms with van der Waals surface area (Å²) in [6, 6.07) is 0. The van der Waals surface area contributed by atoms with Gasteiger partial charge in [-0.15, -0.1) is 12.6 Å². The largest absolute Gasteiger partial charge is 0.287 e. The maximum atomic E-state index is 11.5. The van der Waals surface area contributed by atoms with Crippen LogP contribution in [0.1, 0.15) is 104 Å². The molecule has 0 N–H and O–H groups in total. The van der Waals surface area contributed by atoms with Gasteiger partial charge in [-0.3, -0.25) is 4.79 Å². The van der Waals surface area contributed by atoms with Crippen LogP contribution in [0.5, 0.6) is 0 Å². The Morgan fingerprint density at radius 1 is 0.700 bits per heavy atom. The Balaban J connectivity index is 3.53. The molecule has 1 nitrogen and oxygen atoms in total. The van der Waals surface area contributed by atoms with E-state index < -0.39 is 0 Å². The Hall–Kier alpha value is 0.0200. The zero-order valence-corrected chi connectivity index (χ0v) is 14.7. The van der Waals surface area contributed by atoms with Crippen LogP contribution in [0, 0.1) is 5.92 Å². The van der Waals surface area contributed by atoms with E-state index in [1.54, 1.807) is 0 Å². The first kappa shape index (κ1) is 20.0. The van der Waals surface area contributed by atoms with Crippen LogP contribution in [0.25, 0.3) is 0 Å². The Kier molecular flexibility index (Phi) is 15.4. The van der Waals surface area contributed by atoms with Gasteiger partial charge in [-0.2, -0.15) is 0 Å². The molecule has 0 unspecified atom stereocenters. The van der Waals surface area contributed by atoms with E-state index >= 15 is 0 Å². The molecule has 0 aromatic carbocycles. The van der Waals surface area contributed by atoms with Crippen molar-refractivity contribution in [3.63, 3.8) is 0 Å². The SMILES string of the molecule is CCCCCCCCC(CCCCCCCC)C(=O)S. The van der Waals surface area contributed by atoms with Crippen molar-refractivity contribution >= 4 is 17.7 Å². The van der Waals surface area contributed by atoms with Gasteiger partial charge in [0, 0.05) is 5.92 Å². The van der Waals surface area contributed by atoms with E-state index in [0.717, 1.165) is 12.8 Å². The monoisotopic (exact) mass is 300 g/mol. The molecule has 0 aliphatic heterocycles. The minimum absolute atomic E-state index is 0.118. The molecule has 2 heteroatoms. The average molecular weight is 301 g/mol. The normalized spacial score (nSPS) is 11.2. The first-order chi connectivity index (χ1) is 9.72. The molecule has 0 aromatic heterocycles. The molecule has 0 heterocycles. The molecule has 120 valence electrons. The van der Waals surface area contributed by atoms with Gasteiger partial charge in [-0.1, -0.05) is 90.9 Å². The van der Waals surface area contributed by atoms with Crippen LogP contribution < -0.4 is 0 Å². The molecule has 0 atom stereocenters. The fraction of sp³-hybridized carbons (Fsp3) is 0.944. The zero-order valence-electron chi connectivity index (χ0n) is 13.8. The van der Waals surface area contributed by atoms with Crippen LogP contribution >= 0.6 is 12.6 Å². The summed E-state index contributed by atoms with van der Waals surface area (Å²) in [4.78, 5) is 11.5. The van der Waals surface area contributed by atoms with E-state index in [4.69, 9.17) is 0 Å². The van der Waals surface area contributed by atoms with Crippen molar-refractivity contribution in [3.8, 4) is 0 Å². The third kappa shape index (κ3) is 13.0. The zero-order chi connectivity index (χ0) is 15.1. The molecule has 20 heavy (non-hydrogen) atoms. The number of hydrogen-bond acceptors (Lipinski definition) is 1. The van der Waals surface area contributed by atoms with Crippen molar-refractivity contribution in [2.75, 3.05) is 0 Å². The Labute approximate surface area is 132 Å². The summed E-state index contributed by atoms with van der Waals surface area (Å²) in [5, 5.41) is 0.118. The summed E-state index contributed by atoms with van der Waals surface area (Å²) >= 11 is 4.07. The van der Waals surface area contributed by atoms with Gasteiger partial charge in [0.2, 0.25) is 0 Å². The Bertz CT molecular complexity index is 199. The molecule has 0 spiro atoms. The van der Waals surface area contributed by atoms with E-state index in [9.17, 15) is 4.79 Å². The molecule has 0 aliphatic carbocycles. The second kappa shape index (κ2) is 15.4. The number of rotatable bonds is 15. The second-order valence-corrected chi connectivity index (χ2v) is 6.59. The van der Waals surface area contributed by atoms with Gasteiger partial charge < -0.3 is 0 Å². The highest BCUT2D eigenvalue weighted by Crippen LogP contribution is 2.21. The molecular formula is C18H36OS. The van der Waals surface area contributed by atoms with Crippen molar-refractivity contribution in [2.24, 2.45) is 5.92 Å². The van der Waals surface area contributed by atoms with Crippen LogP contribution in [-0.4, -0.2) is 5.12 Å². The summed E-state index contributed by atoms with van der Waals surface area (Å²) in [7, 11) is 0. The first-order valence-corrected chi connectivity index (χ1v) is 9.39. The van der Waals surface area contributed by atoms with Gasteiger partial charge in [-0.05, 0) is 12.8 Å². The molecule has 0 bridgehead atoms. The Morgan fingerprint density at radius 2 is 1.05 bits per heavy atom. The maximum absolute atomic E-state index is 11.5. The lowest BCUT2D eigenvalue weighted by molar-refractivity contribution is -0.114. The Morgan fingerprint density at radius 3 is 1.40 bits per heavy atom. The molecule has 0 saturated heterocycles. The molecule has 0 radical (unpaired) electrons. The molecule has 0 saturated carbocycles. The smallest absolute Gasteiger partial charge is 0.188 e. The van der Waals surface area contributed by atoms with Crippen LogP contribution in [-0.2, 0) is 4.79 Å². The number of carbonyl (C=O) groups is 1. The molecule has 0 fully saturated rings. The van der Waals surface area contributed by atoms with Crippen molar-refractivity contribution in [3.05, 3.63) is 0 Å². The fourth-order valence-corrected chi connectivity index (χ4v) is 2.99.